The third-order valence-electron chi connectivity index (χ3n) is 4.48. The molecule has 0 atom stereocenters. The second kappa shape index (κ2) is 6.93. The number of rotatable bonds is 4. The van der Waals surface area contributed by atoms with Crippen LogP contribution in [0.25, 0.3) is 5.69 Å². The summed E-state index contributed by atoms with van der Waals surface area (Å²) in [5.74, 6) is -0.113. The van der Waals surface area contributed by atoms with Crippen molar-refractivity contribution in [1.82, 2.24) is 9.78 Å². The number of carbonyl (C=O) groups is 1. The highest BCUT2D eigenvalue weighted by Gasteiger charge is 2.12. The number of nitrogens with one attached hydrogen (secondary N) is 1. The van der Waals surface area contributed by atoms with Crippen molar-refractivity contribution in [2.75, 3.05) is 5.32 Å². The minimum Gasteiger partial charge on any atom is -0.322 e. The van der Waals surface area contributed by atoms with E-state index in [2.05, 4.69) is 24.3 Å². The average molecular weight is 333 g/mol. The zero-order valence-corrected chi connectivity index (χ0v) is 15.1. The van der Waals surface area contributed by atoms with Gasteiger partial charge in [0.2, 0.25) is 0 Å². The third-order valence-corrected chi connectivity index (χ3v) is 4.48. The Kier molecular flexibility index (Phi) is 4.70. The molecule has 25 heavy (non-hydrogen) atoms. The molecule has 1 N–H and O–H groups in total. The molecule has 4 nitrogen and oxygen atoms in total. The van der Waals surface area contributed by atoms with Gasteiger partial charge in [0.15, 0.2) is 0 Å². The second-order valence-corrected chi connectivity index (χ2v) is 6.28. The first-order valence-electron chi connectivity index (χ1n) is 8.53. The van der Waals surface area contributed by atoms with Gasteiger partial charge in [0.25, 0.3) is 5.91 Å². The zero-order valence-electron chi connectivity index (χ0n) is 15.1. The van der Waals surface area contributed by atoms with Crippen molar-refractivity contribution in [3.63, 3.8) is 0 Å². The van der Waals surface area contributed by atoms with E-state index in [0.29, 0.717) is 5.56 Å². The maximum Gasteiger partial charge on any atom is 0.255 e. The summed E-state index contributed by atoms with van der Waals surface area (Å²) in [6.45, 7) is 8.27. The van der Waals surface area contributed by atoms with E-state index in [4.69, 9.17) is 0 Å². The lowest BCUT2D eigenvalue weighted by Crippen LogP contribution is -2.12. The first-order chi connectivity index (χ1) is 12.0. The van der Waals surface area contributed by atoms with Crippen LogP contribution in [0.3, 0.4) is 0 Å². The summed E-state index contributed by atoms with van der Waals surface area (Å²) in [7, 11) is 0. The van der Waals surface area contributed by atoms with Gasteiger partial charge < -0.3 is 5.32 Å². The van der Waals surface area contributed by atoms with Crippen LogP contribution in [0, 0.1) is 20.8 Å². The zero-order chi connectivity index (χ0) is 18.0. The summed E-state index contributed by atoms with van der Waals surface area (Å²) < 4.78 is 1.94. The molecule has 1 amide bonds. The Bertz CT molecular complexity index is 890. The Balaban J connectivity index is 1.80. The summed E-state index contributed by atoms with van der Waals surface area (Å²) in [5.41, 5.74) is 7.04. The van der Waals surface area contributed by atoms with Crippen molar-refractivity contribution >= 4 is 11.6 Å². The normalized spacial score (nSPS) is 10.7. The molecule has 0 saturated carbocycles. The maximum atomic E-state index is 12.4. The van der Waals surface area contributed by atoms with Crippen LogP contribution >= 0.6 is 0 Å². The summed E-state index contributed by atoms with van der Waals surface area (Å²) in [4.78, 5) is 12.4. The molecule has 0 aliphatic carbocycles. The third kappa shape index (κ3) is 3.48. The lowest BCUT2D eigenvalue weighted by atomic mass is 10.1. The largest absolute Gasteiger partial charge is 0.322 e. The first kappa shape index (κ1) is 17.0. The highest BCUT2D eigenvalue weighted by atomic mass is 16.1. The fourth-order valence-corrected chi connectivity index (χ4v) is 3.03. The van der Waals surface area contributed by atoms with Gasteiger partial charge >= 0.3 is 0 Å². The van der Waals surface area contributed by atoms with Gasteiger partial charge in [-0.1, -0.05) is 24.6 Å². The van der Waals surface area contributed by atoms with Crippen LogP contribution in [0.4, 0.5) is 5.69 Å². The minimum atomic E-state index is -0.113. The molecule has 0 unspecified atom stereocenters. The number of benzene rings is 2. The van der Waals surface area contributed by atoms with Gasteiger partial charge in [-0.2, -0.15) is 5.10 Å². The lowest BCUT2D eigenvalue weighted by Gasteiger charge is -2.08. The maximum absolute atomic E-state index is 12.4. The van der Waals surface area contributed by atoms with Gasteiger partial charge in [-0.15, -0.1) is 0 Å². The van der Waals surface area contributed by atoms with E-state index in [-0.39, 0.29) is 5.91 Å². The van der Waals surface area contributed by atoms with E-state index in [1.807, 2.05) is 67.1 Å². The number of anilines is 1. The van der Waals surface area contributed by atoms with Crippen molar-refractivity contribution in [3.8, 4) is 5.69 Å². The van der Waals surface area contributed by atoms with Crippen LogP contribution < -0.4 is 5.32 Å². The van der Waals surface area contributed by atoms with Gasteiger partial charge in [-0.3, -0.25) is 4.79 Å². The number of nitrogens with zero attached hydrogens (tertiary/aromatic N) is 2. The quantitative estimate of drug-likeness (QED) is 0.758. The molecule has 1 aromatic heterocycles. The smallest absolute Gasteiger partial charge is 0.255 e. The summed E-state index contributed by atoms with van der Waals surface area (Å²) >= 11 is 0. The van der Waals surface area contributed by atoms with Crippen LogP contribution in [0.15, 0.2) is 48.5 Å². The topological polar surface area (TPSA) is 46.9 Å². The van der Waals surface area contributed by atoms with E-state index >= 15 is 0 Å². The van der Waals surface area contributed by atoms with Crippen LogP contribution in [0.5, 0.6) is 0 Å². The number of aromatic nitrogens is 2. The number of hydrogen-bond acceptors (Lipinski definition) is 2. The number of amides is 1. The molecule has 0 bridgehead atoms. The molecule has 128 valence electrons. The monoisotopic (exact) mass is 333 g/mol. The molecule has 0 saturated heterocycles. The van der Waals surface area contributed by atoms with Crippen molar-refractivity contribution in [3.05, 3.63) is 76.6 Å². The molecule has 0 spiro atoms. The standard InChI is InChI=1S/C21H23N3O/c1-5-20-15(3)23-24(16(20)4)19-12-8-17(9-13-19)21(25)22-18-10-6-14(2)7-11-18/h6-13H,5H2,1-4H3,(H,22,25). The average Bonchev–Trinajstić information content (AvgIpc) is 2.91. The van der Waals surface area contributed by atoms with Gasteiger partial charge in [-0.25, -0.2) is 4.68 Å². The molecule has 0 fully saturated rings. The Morgan fingerprint density at radius 3 is 2.20 bits per heavy atom. The Morgan fingerprint density at radius 2 is 1.64 bits per heavy atom. The van der Waals surface area contributed by atoms with Crippen molar-refractivity contribution in [1.29, 1.82) is 0 Å². The Morgan fingerprint density at radius 1 is 1.00 bits per heavy atom. The van der Waals surface area contributed by atoms with Crippen LogP contribution in [-0.2, 0) is 6.42 Å². The van der Waals surface area contributed by atoms with E-state index < -0.39 is 0 Å². The Hall–Kier alpha value is -2.88. The predicted molar refractivity (Wildman–Crippen MR) is 102 cm³/mol. The Labute approximate surface area is 148 Å². The van der Waals surface area contributed by atoms with Gasteiger partial charge in [0.1, 0.15) is 0 Å². The summed E-state index contributed by atoms with van der Waals surface area (Å²) in [6.07, 6.45) is 0.967. The van der Waals surface area contributed by atoms with Gasteiger partial charge in [0.05, 0.1) is 11.4 Å². The molecular weight excluding hydrogens is 310 g/mol. The summed E-state index contributed by atoms with van der Waals surface area (Å²) in [5, 5.41) is 7.53. The molecule has 2 aromatic carbocycles. The number of aryl methyl sites for hydroxylation is 2. The molecule has 3 aromatic rings. The van der Waals surface area contributed by atoms with E-state index in [1.54, 1.807) is 0 Å². The fourth-order valence-electron chi connectivity index (χ4n) is 3.03. The molecule has 4 heteroatoms. The first-order valence-corrected chi connectivity index (χ1v) is 8.53. The minimum absolute atomic E-state index is 0.113. The van der Waals surface area contributed by atoms with E-state index in [1.165, 1.54) is 11.1 Å². The van der Waals surface area contributed by atoms with Crippen LogP contribution in [0.1, 0.15) is 39.8 Å². The van der Waals surface area contributed by atoms with Crippen molar-refractivity contribution in [2.45, 2.75) is 34.1 Å². The van der Waals surface area contributed by atoms with E-state index in [9.17, 15) is 4.79 Å². The van der Waals surface area contributed by atoms with Crippen molar-refractivity contribution < 1.29 is 4.79 Å². The van der Waals surface area contributed by atoms with E-state index in [0.717, 1.165) is 29.2 Å². The number of carbonyl (C=O) groups excluding carboxylic acids is 1. The molecule has 0 aliphatic rings. The van der Waals surface area contributed by atoms with Crippen LogP contribution in [0.2, 0.25) is 0 Å². The molecule has 0 radical (unpaired) electrons. The lowest BCUT2D eigenvalue weighted by molar-refractivity contribution is 0.102. The van der Waals surface area contributed by atoms with Crippen molar-refractivity contribution in [2.24, 2.45) is 0 Å². The van der Waals surface area contributed by atoms with Gasteiger partial charge in [-0.05, 0) is 69.2 Å². The fraction of sp³-hybridized carbons (Fsp3) is 0.238. The number of hydrogen-bond donors (Lipinski definition) is 1. The molecule has 3 rings (SSSR count). The molecular formula is C21H23N3O. The molecule has 0 aliphatic heterocycles. The highest BCUT2D eigenvalue weighted by molar-refractivity contribution is 6.04. The predicted octanol–water partition coefficient (Wildman–Crippen LogP) is 4.61. The second-order valence-electron chi connectivity index (χ2n) is 6.28. The highest BCUT2D eigenvalue weighted by Crippen LogP contribution is 2.19. The summed E-state index contributed by atoms with van der Waals surface area (Å²) in [6, 6.07) is 15.3. The van der Waals surface area contributed by atoms with Crippen LogP contribution in [-0.4, -0.2) is 15.7 Å². The molecule has 1 heterocycles. The van der Waals surface area contributed by atoms with Gasteiger partial charge in [0, 0.05) is 16.9 Å². The SMILES string of the molecule is CCc1c(C)nn(-c2ccc(C(=O)Nc3ccc(C)cc3)cc2)c1C.